The summed E-state index contributed by atoms with van der Waals surface area (Å²) in [4.78, 5) is 16.8. The van der Waals surface area contributed by atoms with Crippen LogP contribution < -0.4 is 11.2 Å². The summed E-state index contributed by atoms with van der Waals surface area (Å²) in [6, 6.07) is 18.0. The van der Waals surface area contributed by atoms with Crippen LogP contribution in [0.5, 0.6) is 0 Å². The molecule has 0 radical (unpaired) electrons. The molecular formula is C19H15ClN4O. The first-order chi connectivity index (χ1) is 12.2. The first-order valence-corrected chi connectivity index (χ1v) is 7.94. The van der Waals surface area contributed by atoms with E-state index >= 15 is 0 Å². The largest absolute Gasteiger partial charge is 0.405 e. The normalized spacial score (nSPS) is 11.8. The molecule has 25 heavy (non-hydrogen) atoms. The maximum Gasteiger partial charge on any atom is 0.209 e. The quantitative estimate of drug-likeness (QED) is 0.732. The van der Waals surface area contributed by atoms with E-state index in [1.807, 2.05) is 48.5 Å². The van der Waals surface area contributed by atoms with Crippen LogP contribution in [-0.2, 0) is 0 Å². The third-order valence-corrected chi connectivity index (χ3v) is 3.73. The molecule has 6 heteroatoms. The predicted molar refractivity (Wildman–Crippen MR) is 101 cm³/mol. The van der Waals surface area contributed by atoms with Crippen molar-refractivity contribution in [1.82, 2.24) is 9.78 Å². The summed E-state index contributed by atoms with van der Waals surface area (Å²) in [5.41, 5.74) is 7.20. The molecule has 0 spiro atoms. The van der Waals surface area contributed by atoms with Crippen LogP contribution in [-0.4, -0.2) is 15.5 Å². The van der Waals surface area contributed by atoms with Crippen molar-refractivity contribution in [2.24, 2.45) is 10.7 Å². The van der Waals surface area contributed by atoms with Crippen LogP contribution in [0.3, 0.4) is 0 Å². The molecule has 1 heterocycles. The average molecular weight is 351 g/mol. The molecule has 2 N–H and O–H groups in total. The molecule has 0 unspecified atom stereocenters. The van der Waals surface area contributed by atoms with Gasteiger partial charge in [0.2, 0.25) is 5.43 Å². The minimum absolute atomic E-state index is 0.188. The number of nitrogens with zero attached hydrogens (tertiary/aromatic N) is 3. The lowest BCUT2D eigenvalue weighted by atomic mass is 10.2. The molecule has 0 saturated heterocycles. The Morgan fingerprint density at radius 3 is 2.52 bits per heavy atom. The number of hydrogen-bond donors (Lipinski definition) is 1. The summed E-state index contributed by atoms with van der Waals surface area (Å²) in [5.74, 6) is 0. The second-order valence-corrected chi connectivity index (χ2v) is 5.52. The van der Waals surface area contributed by atoms with E-state index in [4.69, 9.17) is 17.3 Å². The van der Waals surface area contributed by atoms with Crippen molar-refractivity contribution in [3.8, 4) is 5.69 Å². The molecular weight excluding hydrogens is 336 g/mol. The van der Waals surface area contributed by atoms with E-state index in [1.165, 1.54) is 12.3 Å². The van der Waals surface area contributed by atoms with Crippen LogP contribution in [0.2, 0.25) is 5.02 Å². The topological polar surface area (TPSA) is 73.3 Å². The van der Waals surface area contributed by atoms with Gasteiger partial charge in [0.1, 0.15) is 0 Å². The Hall–Kier alpha value is -3.18. The fraction of sp³-hybridized carbons (Fsp3) is 0. The van der Waals surface area contributed by atoms with Gasteiger partial charge in [0.25, 0.3) is 0 Å². The van der Waals surface area contributed by atoms with Gasteiger partial charge >= 0.3 is 0 Å². The highest BCUT2D eigenvalue weighted by Crippen LogP contribution is 2.18. The van der Waals surface area contributed by atoms with Crippen LogP contribution in [0.4, 0.5) is 5.69 Å². The summed E-state index contributed by atoms with van der Waals surface area (Å²) in [6.07, 6.45) is 4.45. The van der Waals surface area contributed by atoms with Gasteiger partial charge in [-0.15, -0.1) is 0 Å². The van der Waals surface area contributed by atoms with Gasteiger partial charge in [-0.2, -0.15) is 5.10 Å². The molecule has 0 bridgehead atoms. The Kier molecular flexibility index (Phi) is 5.06. The van der Waals surface area contributed by atoms with Crippen molar-refractivity contribution in [2.45, 2.75) is 0 Å². The van der Waals surface area contributed by atoms with Crippen LogP contribution in [0.25, 0.3) is 5.69 Å². The van der Waals surface area contributed by atoms with E-state index in [-0.39, 0.29) is 11.1 Å². The SMILES string of the molecule is NC=CC(=Nc1ccccc1)c1nn(-c2ccccc2Cl)ccc1=O. The van der Waals surface area contributed by atoms with E-state index < -0.39 is 0 Å². The molecule has 1 aromatic heterocycles. The first-order valence-electron chi connectivity index (χ1n) is 7.56. The summed E-state index contributed by atoms with van der Waals surface area (Å²) in [7, 11) is 0. The number of aromatic nitrogens is 2. The molecule has 3 aromatic rings. The lowest BCUT2D eigenvalue weighted by Gasteiger charge is -2.09. The summed E-state index contributed by atoms with van der Waals surface area (Å²) in [6.45, 7) is 0. The van der Waals surface area contributed by atoms with Crippen molar-refractivity contribution in [3.63, 3.8) is 0 Å². The maximum atomic E-state index is 12.3. The molecule has 0 amide bonds. The van der Waals surface area contributed by atoms with Crippen molar-refractivity contribution in [1.29, 1.82) is 0 Å². The molecule has 0 fully saturated rings. The monoisotopic (exact) mass is 350 g/mol. The molecule has 2 aromatic carbocycles. The van der Waals surface area contributed by atoms with Crippen molar-refractivity contribution in [3.05, 3.63) is 100 Å². The van der Waals surface area contributed by atoms with Gasteiger partial charge < -0.3 is 5.73 Å². The third-order valence-electron chi connectivity index (χ3n) is 3.41. The fourth-order valence-corrected chi connectivity index (χ4v) is 2.48. The van der Waals surface area contributed by atoms with Gasteiger partial charge in [0.15, 0.2) is 5.69 Å². The van der Waals surface area contributed by atoms with Crippen LogP contribution >= 0.6 is 11.6 Å². The zero-order chi connectivity index (χ0) is 17.6. The number of halogens is 1. The van der Waals surface area contributed by atoms with Crippen molar-refractivity contribution < 1.29 is 0 Å². The van der Waals surface area contributed by atoms with Crippen LogP contribution in [0.15, 0.2) is 88.9 Å². The predicted octanol–water partition coefficient (Wildman–Crippen LogP) is 3.48. The zero-order valence-electron chi connectivity index (χ0n) is 13.2. The number of para-hydroxylation sites is 2. The Morgan fingerprint density at radius 1 is 1.08 bits per heavy atom. The van der Waals surface area contributed by atoms with E-state index in [0.29, 0.717) is 22.1 Å². The second-order valence-electron chi connectivity index (χ2n) is 5.12. The number of benzene rings is 2. The zero-order valence-corrected chi connectivity index (χ0v) is 14.0. The second kappa shape index (κ2) is 7.59. The first kappa shape index (κ1) is 16.7. The molecule has 0 aliphatic rings. The standard InChI is InChI=1S/C19H15ClN4O/c20-15-8-4-5-9-17(15)24-13-11-18(25)19(23-24)16(10-12-21)22-14-6-2-1-3-7-14/h1-13H,21H2. The Labute approximate surface area is 149 Å². The molecule has 3 rings (SSSR count). The third kappa shape index (κ3) is 3.84. The smallest absolute Gasteiger partial charge is 0.209 e. The van der Waals surface area contributed by atoms with Gasteiger partial charge in [0.05, 0.1) is 22.1 Å². The molecule has 0 saturated carbocycles. The number of allylic oxidation sites excluding steroid dienone is 1. The number of hydrogen-bond acceptors (Lipinski definition) is 4. The minimum Gasteiger partial charge on any atom is -0.405 e. The van der Waals surface area contributed by atoms with Gasteiger partial charge in [-0.05, 0) is 36.5 Å². The summed E-state index contributed by atoms with van der Waals surface area (Å²) in [5, 5.41) is 4.93. The highest BCUT2D eigenvalue weighted by Gasteiger charge is 2.11. The van der Waals surface area contributed by atoms with E-state index in [0.717, 1.165) is 0 Å². The average Bonchev–Trinajstić information content (AvgIpc) is 2.63. The Morgan fingerprint density at radius 2 is 1.80 bits per heavy atom. The Balaban J connectivity index is 2.14. The lowest BCUT2D eigenvalue weighted by molar-refractivity contribution is 0.829. The van der Waals surface area contributed by atoms with Crippen molar-refractivity contribution >= 4 is 23.0 Å². The van der Waals surface area contributed by atoms with Gasteiger partial charge in [0, 0.05) is 12.3 Å². The minimum atomic E-state index is -0.254. The van der Waals surface area contributed by atoms with Gasteiger partial charge in [-0.25, -0.2) is 9.67 Å². The fourth-order valence-electron chi connectivity index (χ4n) is 2.26. The van der Waals surface area contributed by atoms with E-state index in [1.54, 1.807) is 23.0 Å². The van der Waals surface area contributed by atoms with E-state index in [9.17, 15) is 4.79 Å². The van der Waals surface area contributed by atoms with Gasteiger partial charge in [-0.1, -0.05) is 41.9 Å². The maximum absolute atomic E-state index is 12.3. The summed E-state index contributed by atoms with van der Waals surface area (Å²) < 4.78 is 1.55. The number of nitrogens with two attached hydrogens (primary N) is 1. The molecule has 0 aliphatic heterocycles. The summed E-state index contributed by atoms with van der Waals surface area (Å²) >= 11 is 6.22. The lowest BCUT2D eigenvalue weighted by Crippen LogP contribution is -2.20. The number of aliphatic imine (C=N–C) groups is 1. The molecule has 5 nitrogen and oxygen atoms in total. The molecule has 0 atom stereocenters. The highest BCUT2D eigenvalue weighted by atomic mass is 35.5. The van der Waals surface area contributed by atoms with Gasteiger partial charge in [-0.3, -0.25) is 4.79 Å². The molecule has 0 aliphatic carbocycles. The molecule has 124 valence electrons. The Bertz CT molecular complexity index is 994. The van der Waals surface area contributed by atoms with E-state index in [2.05, 4.69) is 10.1 Å². The number of rotatable bonds is 4. The van der Waals surface area contributed by atoms with Crippen molar-refractivity contribution in [2.75, 3.05) is 0 Å². The van der Waals surface area contributed by atoms with Crippen LogP contribution in [0, 0.1) is 0 Å². The van der Waals surface area contributed by atoms with Crippen LogP contribution in [0.1, 0.15) is 5.69 Å². The highest BCUT2D eigenvalue weighted by molar-refractivity contribution is 6.32.